The predicted molar refractivity (Wildman–Crippen MR) is 65.8 cm³/mol. The zero-order valence-electron chi connectivity index (χ0n) is 8.69. The molecule has 2 aromatic heterocycles. The molecule has 0 saturated heterocycles. The van der Waals surface area contributed by atoms with Crippen molar-refractivity contribution in [1.82, 2.24) is 14.3 Å². The molecule has 0 atom stereocenters. The molecule has 4 nitrogen and oxygen atoms in total. The molecule has 0 fully saturated rings. The van der Waals surface area contributed by atoms with Gasteiger partial charge in [0.25, 0.3) is 5.56 Å². The lowest BCUT2D eigenvalue weighted by molar-refractivity contribution is 0.990. The third kappa shape index (κ3) is 1.81. The highest BCUT2D eigenvalue weighted by molar-refractivity contribution is 7.07. The molecule has 1 N–H and O–H groups in total. The maximum absolute atomic E-state index is 11.8. The fourth-order valence-corrected chi connectivity index (χ4v) is 2.27. The van der Waals surface area contributed by atoms with E-state index in [-0.39, 0.29) is 5.56 Å². The summed E-state index contributed by atoms with van der Waals surface area (Å²) in [6.07, 6.45) is 4.64. The van der Waals surface area contributed by atoms with Gasteiger partial charge in [0.1, 0.15) is 11.2 Å². The Hall–Kier alpha value is -1.75. The van der Waals surface area contributed by atoms with Gasteiger partial charge in [-0.2, -0.15) is 4.37 Å². The summed E-state index contributed by atoms with van der Waals surface area (Å²) in [5.41, 5.74) is 0.384. The fourth-order valence-electron chi connectivity index (χ4n) is 1.47. The van der Waals surface area contributed by atoms with Gasteiger partial charge in [0.2, 0.25) is 0 Å². The number of rotatable bonds is 4. The van der Waals surface area contributed by atoms with Gasteiger partial charge in [-0.05, 0) is 11.5 Å². The van der Waals surface area contributed by atoms with Crippen LogP contribution in [0.3, 0.4) is 0 Å². The van der Waals surface area contributed by atoms with Crippen molar-refractivity contribution in [3.05, 3.63) is 46.4 Å². The van der Waals surface area contributed by atoms with Crippen molar-refractivity contribution in [1.29, 1.82) is 0 Å². The Labute approximate surface area is 96.5 Å². The lowest BCUT2D eigenvalue weighted by Crippen LogP contribution is -2.11. The van der Waals surface area contributed by atoms with Gasteiger partial charge in [-0.25, -0.2) is 4.98 Å². The fraction of sp³-hybridized carbons (Fsp3) is 0.182. The van der Waals surface area contributed by atoms with Crippen LogP contribution < -0.4 is 5.56 Å². The standard InChI is InChI=1S/C11H11N3OS/c1-3-5-7-9-10(14-16-7)12-8(6-4-2)13-11(9)15/h3-4H,1-2,5-6H2,(H,12,13,14,15). The van der Waals surface area contributed by atoms with Crippen molar-refractivity contribution in [3.63, 3.8) is 0 Å². The molecule has 0 amide bonds. The molecule has 0 radical (unpaired) electrons. The summed E-state index contributed by atoms with van der Waals surface area (Å²) >= 11 is 1.30. The second-order valence-corrected chi connectivity index (χ2v) is 4.16. The molecule has 2 aromatic rings. The van der Waals surface area contributed by atoms with E-state index >= 15 is 0 Å². The smallest absolute Gasteiger partial charge is 0.261 e. The number of aromatic nitrogens is 3. The Morgan fingerprint density at radius 2 is 2.06 bits per heavy atom. The minimum Gasteiger partial charge on any atom is -0.310 e. The minimum absolute atomic E-state index is 0.132. The van der Waals surface area contributed by atoms with Gasteiger partial charge < -0.3 is 4.98 Å². The van der Waals surface area contributed by atoms with E-state index in [2.05, 4.69) is 27.5 Å². The first-order valence-corrected chi connectivity index (χ1v) is 5.63. The summed E-state index contributed by atoms with van der Waals surface area (Å²) in [7, 11) is 0. The molecule has 0 unspecified atom stereocenters. The summed E-state index contributed by atoms with van der Waals surface area (Å²) < 4.78 is 4.17. The SMILES string of the molecule is C=CCc1nc2nsc(CC=C)c2c(=O)[nH]1. The lowest BCUT2D eigenvalue weighted by atomic mass is 10.2. The van der Waals surface area contributed by atoms with Crippen LogP contribution in [0.4, 0.5) is 0 Å². The summed E-state index contributed by atoms with van der Waals surface area (Å²) in [5.74, 6) is 0.600. The number of nitrogens with one attached hydrogen (secondary N) is 1. The van der Waals surface area contributed by atoms with Gasteiger partial charge in [-0.15, -0.1) is 13.2 Å². The number of allylic oxidation sites excluding steroid dienone is 2. The molecule has 0 saturated carbocycles. The van der Waals surface area contributed by atoms with E-state index in [9.17, 15) is 4.79 Å². The highest BCUT2D eigenvalue weighted by Gasteiger charge is 2.11. The highest BCUT2D eigenvalue weighted by atomic mass is 32.1. The average molecular weight is 233 g/mol. The van der Waals surface area contributed by atoms with Crippen molar-refractivity contribution >= 4 is 22.6 Å². The molecule has 0 bridgehead atoms. The van der Waals surface area contributed by atoms with E-state index in [1.54, 1.807) is 12.2 Å². The molecule has 82 valence electrons. The number of hydrogen-bond donors (Lipinski definition) is 1. The molecule has 16 heavy (non-hydrogen) atoms. The van der Waals surface area contributed by atoms with Crippen molar-refractivity contribution in [3.8, 4) is 0 Å². The van der Waals surface area contributed by atoms with Crippen LogP contribution in [0.1, 0.15) is 10.7 Å². The van der Waals surface area contributed by atoms with E-state index in [1.165, 1.54) is 11.5 Å². The summed E-state index contributed by atoms with van der Waals surface area (Å²) in [4.78, 5) is 19.7. The lowest BCUT2D eigenvalue weighted by Gasteiger charge is -1.96. The van der Waals surface area contributed by atoms with E-state index in [0.29, 0.717) is 29.7 Å². The van der Waals surface area contributed by atoms with E-state index in [1.807, 2.05) is 0 Å². The van der Waals surface area contributed by atoms with Gasteiger partial charge >= 0.3 is 0 Å². The Kier molecular flexibility index (Phi) is 2.96. The quantitative estimate of drug-likeness (QED) is 0.820. The van der Waals surface area contributed by atoms with Crippen LogP contribution in [0, 0.1) is 0 Å². The van der Waals surface area contributed by atoms with Crippen LogP contribution in [-0.2, 0) is 12.8 Å². The number of aromatic amines is 1. The Morgan fingerprint density at radius 3 is 2.75 bits per heavy atom. The predicted octanol–water partition coefficient (Wildman–Crippen LogP) is 1.84. The molecule has 0 aliphatic carbocycles. The van der Waals surface area contributed by atoms with Gasteiger partial charge in [0.15, 0.2) is 5.65 Å². The van der Waals surface area contributed by atoms with Crippen LogP contribution in [0.15, 0.2) is 30.1 Å². The first-order valence-electron chi connectivity index (χ1n) is 4.85. The van der Waals surface area contributed by atoms with E-state index < -0.39 is 0 Å². The Bertz CT molecular complexity index is 597. The summed E-state index contributed by atoms with van der Waals surface area (Å²) in [6.45, 7) is 7.26. The molecular formula is C11H11N3OS. The first-order chi connectivity index (χ1) is 7.76. The van der Waals surface area contributed by atoms with Crippen LogP contribution >= 0.6 is 11.5 Å². The molecule has 0 spiro atoms. The van der Waals surface area contributed by atoms with Crippen LogP contribution in [-0.4, -0.2) is 14.3 Å². The van der Waals surface area contributed by atoms with Crippen LogP contribution in [0.25, 0.3) is 11.0 Å². The maximum Gasteiger partial charge on any atom is 0.261 e. The van der Waals surface area contributed by atoms with Crippen molar-refractivity contribution in [2.45, 2.75) is 12.8 Å². The molecular weight excluding hydrogens is 222 g/mol. The normalized spacial score (nSPS) is 10.5. The van der Waals surface area contributed by atoms with Crippen LogP contribution in [0.5, 0.6) is 0 Å². The van der Waals surface area contributed by atoms with Gasteiger partial charge in [0, 0.05) is 17.7 Å². The maximum atomic E-state index is 11.8. The highest BCUT2D eigenvalue weighted by Crippen LogP contribution is 2.18. The van der Waals surface area contributed by atoms with Crippen LogP contribution in [0.2, 0.25) is 0 Å². The summed E-state index contributed by atoms with van der Waals surface area (Å²) in [6, 6.07) is 0. The second-order valence-electron chi connectivity index (χ2n) is 3.30. The van der Waals surface area contributed by atoms with Crippen molar-refractivity contribution in [2.24, 2.45) is 0 Å². The molecule has 0 aliphatic heterocycles. The number of hydrogen-bond acceptors (Lipinski definition) is 4. The third-order valence-corrected chi connectivity index (χ3v) is 2.99. The number of fused-ring (bicyclic) bond motifs is 1. The molecule has 0 aliphatic rings. The Morgan fingerprint density at radius 1 is 1.31 bits per heavy atom. The van der Waals surface area contributed by atoms with Crippen molar-refractivity contribution in [2.75, 3.05) is 0 Å². The van der Waals surface area contributed by atoms with E-state index in [4.69, 9.17) is 0 Å². The third-order valence-electron chi connectivity index (χ3n) is 2.14. The molecule has 2 rings (SSSR count). The number of nitrogens with zero attached hydrogens (tertiary/aromatic N) is 2. The molecule has 5 heteroatoms. The largest absolute Gasteiger partial charge is 0.310 e. The minimum atomic E-state index is -0.132. The molecule has 0 aromatic carbocycles. The number of H-pyrrole nitrogens is 1. The first kappa shape index (κ1) is 10.8. The second kappa shape index (κ2) is 4.40. The molecule has 2 heterocycles. The zero-order valence-corrected chi connectivity index (χ0v) is 9.51. The zero-order chi connectivity index (χ0) is 11.5. The van der Waals surface area contributed by atoms with E-state index in [0.717, 1.165) is 4.88 Å². The average Bonchev–Trinajstić information content (AvgIpc) is 2.63. The summed E-state index contributed by atoms with van der Waals surface area (Å²) in [5, 5.41) is 0.581. The van der Waals surface area contributed by atoms with Crippen molar-refractivity contribution < 1.29 is 0 Å². The van der Waals surface area contributed by atoms with Gasteiger partial charge in [-0.1, -0.05) is 12.2 Å². The van der Waals surface area contributed by atoms with Gasteiger partial charge in [0.05, 0.1) is 0 Å². The Balaban J connectivity index is 2.63. The monoisotopic (exact) mass is 233 g/mol. The topological polar surface area (TPSA) is 58.6 Å². The van der Waals surface area contributed by atoms with Gasteiger partial charge in [-0.3, -0.25) is 4.79 Å².